The Morgan fingerprint density at radius 1 is 1.29 bits per heavy atom. The molecule has 4 heteroatoms. The fourth-order valence-electron chi connectivity index (χ4n) is 3.36. The summed E-state index contributed by atoms with van der Waals surface area (Å²) in [6.07, 6.45) is 6.00. The maximum absolute atomic E-state index is 9.58. The number of likely N-dealkylation sites (tertiary alicyclic amines) is 1. The summed E-state index contributed by atoms with van der Waals surface area (Å²) >= 11 is 0. The molecular weight excluding hydrogens is 264 g/mol. The Bertz CT molecular complexity index is 266. The van der Waals surface area contributed by atoms with Gasteiger partial charge in [-0.2, -0.15) is 0 Å². The lowest BCUT2D eigenvalue weighted by molar-refractivity contribution is 0.0977. The number of aliphatic hydroxyl groups is 1. The standard InChI is InChI=1S/C17H36N2O2/c1-15(2)18-17(3,14-20)9-5-6-10-19-11-7-16(8-12-19)13-21-4/h15-16,18,20H,5-14H2,1-4H3. The van der Waals surface area contributed by atoms with Crippen molar-refractivity contribution >= 4 is 0 Å². The zero-order chi connectivity index (χ0) is 15.7. The van der Waals surface area contributed by atoms with E-state index in [1.807, 2.05) is 0 Å². The predicted octanol–water partition coefficient (Wildman–Crippen LogP) is 2.26. The molecule has 0 aromatic rings. The van der Waals surface area contributed by atoms with Gasteiger partial charge >= 0.3 is 0 Å². The molecule has 0 aliphatic carbocycles. The summed E-state index contributed by atoms with van der Waals surface area (Å²) in [7, 11) is 1.80. The summed E-state index contributed by atoms with van der Waals surface area (Å²) in [6.45, 7) is 11.2. The summed E-state index contributed by atoms with van der Waals surface area (Å²) in [5.74, 6) is 0.763. The van der Waals surface area contributed by atoms with Gasteiger partial charge in [0.2, 0.25) is 0 Å². The maximum atomic E-state index is 9.58. The zero-order valence-corrected chi connectivity index (χ0v) is 14.5. The Morgan fingerprint density at radius 2 is 1.95 bits per heavy atom. The van der Waals surface area contributed by atoms with Crippen LogP contribution in [0.4, 0.5) is 0 Å². The third kappa shape index (κ3) is 7.59. The number of nitrogens with one attached hydrogen (secondary N) is 1. The summed E-state index contributed by atoms with van der Waals surface area (Å²) in [5.41, 5.74) is -0.125. The number of ether oxygens (including phenoxy) is 1. The van der Waals surface area contributed by atoms with E-state index in [4.69, 9.17) is 4.74 Å². The number of hydrogen-bond acceptors (Lipinski definition) is 4. The van der Waals surface area contributed by atoms with Crippen molar-refractivity contribution in [2.75, 3.05) is 40.0 Å². The summed E-state index contributed by atoms with van der Waals surface area (Å²) in [4.78, 5) is 2.58. The molecule has 0 aromatic carbocycles. The van der Waals surface area contributed by atoms with Crippen LogP contribution in [0.15, 0.2) is 0 Å². The molecule has 1 aliphatic heterocycles. The molecule has 1 atom stereocenters. The maximum Gasteiger partial charge on any atom is 0.0610 e. The SMILES string of the molecule is COCC1CCN(CCCCC(C)(CO)NC(C)C)CC1. The van der Waals surface area contributed by atoms with Crippen molar-refractivity contribution in [2.24, 2.45) is 5.92 Å². The summed E-state index contributed by atoms with van der Waals surface area (Å²) in [5, 5.41) is 13.1. The van der Waals surface area contributed by atoms with Crippen LogP contribution in [-0.4, -0.2) is 61.5 Å². The van der Waals surface area contributed by atoms with Crippen molar-refractivity contribution in [1.82, 2.24) is 10.2 Å². The third-order valence-electron chi connectivity index (χ3n) is 4.55. The first-order valence-corrected chi connectivity index (χ1v) is 8.59. The van der Waals surface area contributed by atoms with Crippen LogP contribution < -0.4 is 5.32 Å². The van der Waals surface area contributed by atoms with Crippen molar-refractivity contribution in [3.05, 3.63) is 0 Å². The van der Waals surface area contributed by atoms with Gasteiger partial charge in [-0.25, -0.2) is 0 Å². The number of piperidine rings is 1. The largest absolute Gasteiger partial charge is 0.394 e. The number of nitrogens with zero attached hydrogens (tertiary/aromatic N) is 1. The predicted molar refractivity (Wildman–Crippen MR) is 88.7 cm³/mol. The van der Waals surface area contributed by atoms with Gasteiger partial charge in [0, 0.05) is 25.3 Å². The third-order valence-corrected chi connectivity index (χ3v) is 4.55. The number of aliphatic hydroxyl groups excluding tert-OH is 1. The fourth-order valence-corrected chi connectivity index (χ4v) is 3.36. The van der Waals surface area contributed by atoms with E-state index in [1.54, 1.807) is 7.11 Å². The number of unbranched alkanes of at least 4 members (excludes halogenated alkanes) is 1. The highest BCUT2D eigenvalue weighted by atomic mass is 16.5. The van der Waals surface area contributed by atoms with Crippen LogP contribution in [0.1, 0.15) is 52.9 Å². The minimum Gasteiger partial charge on any atom is -0.394 e. The molecule has 0 aromatic heterocycles. The van der Waals surface area contributed by atoms with Crippen LogP contribution in [0.2, 0.25) is 0 Å². The molecule has 4 nitrogen and oxygen atoms in total. The molecular formula is C17H36N2O2. The van der Waals surface area contributed by atoms with Crippen LogP contribution >= 0.6 is 0 Å². The van der Waals surface area contributed by atoms with Gasteiger partial charge in [0.05, 0.1) is 6.61 Å². The minimum absolute atomic E-state index is 0.125. The van der Waals surface area contributed by atoms with E-state index >= 15 is 0 Å². The first kappa shape index (κ1) is 18.9. The molecule has 1 heterocycles. The molecule has 0 spiro atoms. The average molecular weight is 300 g/mol. The van der Waals surface area contributed by atoms with Crippen molar-refractivity contribution in [2.45, 2.75) is 64.5 Å². The van der Waals surface area contributed by atoms with E-state index < -0.39 is 0 Å². The van der Waals surface area contributed by atoms with Gasteiger partial charge < -0.3 is 20.1 Å². The Hall–Kier alpha value is -0.160. The van der Waals surface area contributed by atoms with Gasteiger partial charge in [-0.05, 0) is 58.2 Å². The first-order chi connectivity index (χ1) is 9.99. The van der Waals surface area contributed by atoms with Crippen molar-refractivity contribution in [3.63, 3.8) is 0 Å². The quantitative estimate of drug-likeness (QED) is 0.608. The lowest BCUT2D eigenvalue weighted by Gasteiger charge is -2.33. The van der Waals surface area contributed by atoms with Crippen LogP contribution in [0.25, 0.3) is 0 Å². The topological polar surface area (TPSA) is 44.7 Å². The molecule has 21 heavy (non-hydrogen) atoms. The normalized spacial score (nSPS) is 20.9. The van der Waals surface area contributed by atoms with Gasteiger partial charge in [-0.1, -0.05) is 20.3 Å². The van der Waals surface area contributed by atoms with Gasteiger partial charge in [-0.15, -0.1) is 0 Å². The van der Waals surface area contributed by atoms with Crippen LogP contribution in [0.5, 0.6) is 0 Å². The van der Waals surface area contributed by atoms with Gasteiger partial charge in [0.25, 0.3) is 0 Å². The molecule has 1 saturated heterocycles. The van der Waals surface area contributed by atoms with Crippen molar-refractivity contribution < 1.29 is 9.84 Å². The highest BCUT2D eigenvalue weighted by Crippen LogP contribution is 2.19. The Morgan fingerprint density at radius 3 is 2.48 bits per heavy atom. The van der Waals surface area contributed by atoms with Crippen molar-refractivity contribution in [1.29, 1.82) is 0 Å². The molecule has 1 rings (SSSR count). The van der Waals surface area contributed by atoms with Gasteiger partial charge in [-0.3, -0.25) is 0 Å². The molecule has 1 fully saturated rings. The van der Waals surface area contributed by atoms with E-state index in [9.17, 15) is 5.11 Å². The number of rotatable bonds is 10. The Balaban J connectivity index is 2.14. The van der Waals surface area contributed by atoms with Crippen molar-refractivity contribution in [3.8, 4) is 0 Å². The minimum atomic E-state index is -0.125. The zero-order valence-electron chi connectivity index (χ0n) is 14.5. The number of methoxy groups -OCH3 is 1. The monoisotopic (exact) mass is 300 g/mol. The molecule has 126 valence electrons. The number of hydrogen-bond donors (Lipinski definition) is 2. The summed E-state index contributed by atoms with van der Waals surface area (Å²) < 4.78 is 5.25. The average Bonchev–Trinajstić information content (AvgIpc) is 2.45. The van der Waals surface area contributed by atoms with Crippen LogP contribution in [0, 0.1) is 5.92 Å². The molecule has 0 amide bonds. The molecule has 0 saturated carbocycles. The second-order valence-corrected chi connectivity index (χ2v) is 7.22. The molecule has 0 bridgehead atoms. The lowest BCUT2D eigenvalue weighted by atomic mass is 9.94. The molecule has 1 aliphatic rings. The second-order valence-electron chi connectivity index (χ2n) is 7.22. The summed E-state index contributed by atoms with van der Waals surface area (Å²) in [6, 6.07) is 0.418. The van der Waals surface area contributed by atoms with E-state index in [1.165, 1.54) is 45.3 Å². The second kappa shape index (κ2) is 9.78. The fraction of sp³-hybridized carbons (Fsp3) is 1.00. The van der Waals surface area contributed by atoms with Crippen LogP contribution in [0.3, 0.4) is 0 Å². The first-order valence-electron chi connectivity index (χ1n) is 8.59. The smallest absolute Gasteiger partial charge is 0.0610 e. The Kier molecular flexibility index (Phi) is 8.79. The van der Waals surface area contributed by atoms with E-state index in [2.05, 4.69) is 31.0 Å². The highest BCUT2D eigenvalue weighted by molar-refractivity contribution is 4.84. The van der Waals surface area contributed by atoms with E-state index in [0.717, 1.165) is 18.9 Å². The molecule has 2 N–H and O–H groups in total. The van der Waals surface area contributed by atoms with E-state index in [0.29, 0.717) is 6.04 Å². The van der Waals surface area contributed by atoms with Gasteiger partial charge in [0.1, 0.15) is 0 Å². The molecule has 1 unspecified atom stereocenters. The lowest BCUT2D eigenvalue weighted by Crippen LogP contribution is -2.49. The highest BCUT2D eigenvalue weighted by Gasteiger charge is 2.23. The Labute approximate surface area is 131 Å². The van der Waals surface area contributed by atoms with Gasteiger partial charge in [0.15, 0.2) is 0 Å². The molecule has 0 radical (unpaired) electrons. The van der Waals surface area contributed by atoms with E-state index in [-0.39, 0.29) is 12.1 Å². The van der Waals surface area contributed by atoms with Crippen LogP contribution in [-0.2, 0) is 4.74 Å².